The quantitative estimate of drug-likeness (QED) is 0.436. The molecule has 172 valence electrons. The van der Waals surface area contributed by atoms with Crippen LogP contribution in [0.2, 0.25) is 10.0 Å². The Balaban J connectivity index is 2.46. The van der Waals surface area contributed by atoms with Crippen LogP contribution in [0.15, 0.2) is 24.5 Å². The van der Waals surface area contributed by atoms with Gasteiger partial charge in [-0.2, -0.15) is 0 Å². The standard InChI is InChI=1S/C19H16Cl2F3N3O4S/c1-19(2,3)18(28)31-15-14-17(26-7-6-25-14)27(8-11(23)24)32(29,30)16(15)12-10(22)5-4-9(20)13(12)21/h4-7,11H,8H2,1-3H3. The maximum Gasteiger partial charge on any atom is 0.316 e. The molecule has 1 aliphatic rings. The highest BCUT2D eigenvalue weighted by Crippen LogP contribution is 2.46. The zero-order valence-corrected chi connectivity index (χ0v) is 19.2. The van der Waals surface area contributed by atoms with Crippen molar-refractivity contribution in [1.29, 1.82) is 0 Å². The number of esters is 1. The first-order valence-corrected chi connectivity index (χ1v) is 11.2. The molecule has 2 heterocycles. The van der Waals surface area contributed by atoms with Gasteiger partial charge in [-0.05, 0) is 32.9 Å². The normalized spacial score (nSPS) is 15.7. The Morgan fingerprint density at radius 1 is 1.19 bits per heavy atom. The summed E-state index contributed by atoms with van der Waals surface area (Å²) >= 11 is 12.1. The van der Waals surface area contributed by atoms with Crippen molar-refractivity contribution in [2.45, 2.75) is 27.2 Å². The van der Waals surface area contributed by atoms with Crippen molar-refractivity contribution in [3.8, 4) is 0 Å². The molecule has 0 amide bonds. The van der Waals surface area contributed by atoms with Gasteiger partial charge in [0.1, 0.15) is 10.7 Å². The number of nitrogens with zero attached hydrogens (tertiary/aromatic N) is 3. The summed E-state index contributed by atoms with van der Waals surface area (Å²) in [6.07, 6.45) is -0.900. The first-order valence-electron chi connectivity index (χ1n) is 8.99. The van der Waals surface area contributed by atoms with Gasteiger partial charge >= 0.3 is 5.97 Å². The first-order chi connectivity index (χ1) is 14.8. The predicted molar refractivity (Wildman–Crippen MR) is 113 cm³/mol. The van der Waals surface area contributed by atoms with Crippen LogP contribution in [0.4, 0.5) is 19.0 Å². The van der Waals surface area contributed by atoms with Gasteiger partial charge in [0, 0.05) is 12.4 Å². The van der Waals surface area contributed by atoms with Gasteiger partial charge in [-0.1, -0.05) is 23.2 Å². The van der Waals surface area contributed by atoms with Crippen molar-refractivity contribution >= 4 is 55.7 Å². The monoisotopic (exact) mass is 509 g/mol. The summed E-state index contributed by atoms with van der Waals surface area (Å²) in [6, 6.07) is 1.93. The number of rotatable bonds is 4. The van der Waals surface area contributed by atoms with E-state index in [9.17, 15) is 26.4 Å². The second-order valence-electron chi connectivity index (χ2n) is 7.67. The Hall–Kier alpha value is -2.37. The number of alkyl halides is 2. The number of aromatic nitrogens is 2. The van der Waals surface area contributed by atoms with Crippen LogP contribution in [-0.4, -0.2) is 37.3 Å². The second-order valence-corrected chi connectivity index (χ2v) is 10.3. The summed E-state index contributed by atoms with van der Waals surface area (Å²) < 4.78 is 74.1. The van der Waals surface area contributed by atoms with Gasteiger partial charge in [0.15, 0.2) is 17.3 Å². The van der Waals surface area contributed by atoms with E-state index in [1.165, 1.54) is 20.8 Å². The van der Waals surface area contributed by atoms with Gasteiger partial charge in [-0.15, -0.1) is 0 Å². The highest BCUT2D eigenvalue weighted by atomic mass is 35.5. The van der Waals surface area contributed by atoms with E-state index in [0.717, 1.165) is 24.5 Å². The van der Waals surface area contributed by atoms with Crippen LogP contribution >= 0.6 is 23.2 Å². The number of sulfonamides is 1. The number of carbonyl (C=O) groups excluding carboxylic acids is 1. The third kappa shape index (κ3) is 4.28. The van der Waals surface area contributed by atoms with Gasteiger partial charge in [0.2, 0.25) is 0 Å². The largest absolute Gasteiger partial charge is 0.422 e. The summed E-state index contributed by atoms with van der Waals surface area (Å²) in [4.78, 5) is 19.5. The molecule has 0 radical (unpaired) electrons. The van der Waals surface area contributed by atoms with Crippen LogP contribution in [0.3, 0.4) is 0 Å². The molecule has 0 fully saturated rings. The Kier molecular flexibility index (Phi) is 6.47. The molecule has 0 N–H and O–H groups in total. The number of ether oxygens (including phenoxy) is 1. The van der Waals surface area contributed by atoms with E-state index < -0.39 is 67.3 Å². The topological polar surface area (TPSA) is 89.5 Å². The maximum absolute atomic E-state index is 14.9. The first kappa shape index (κ1) is 24.3. The van der Waals surface area contributed by atoms with Crippen LogP contribution in [0.25, 0.3) is 10.7 Å². The number of anilines is 1. The molecule has 2 aromatic rings. The molecule has 1 aromatic heterocycles. The second kappa shape index (κ2) is 8.53. The zero-order valence-electron chi connectivity index (χ0n) is 16.9. The zero-order chi connectivity index (χ0) is 24.0. The third-order valence-corrected chi connectivity index (χ3v) is 6.88. The van der Waals surface area contributed by atoms with E-state index in [4.69, 9.17) is 27.9 Å². The molecule has 0 aliphatic carbocycles. The van der Waals surface area contributed by atoms with E-state index >= 15 is 0 Å². The van der Waals surface area contributed by atoms with E-state index in [1.807, 2.05) is 0 Å². The predicted octanol–water partition coefficient (Wildman–Crippen LogP) is 4.75. The molecule has 0 unspecified atom stereocenters. The van der Waals surface area contributed by atoms with E-state index in [2.05, 4.69) is 9.97 Å². The van der Waals surface area contributed by atoms with Crippen molar-refractivity contribution < 1.29 is 31.1 Å². The van der Waals surface area contributed by atoms with Gasteiger partial charge in [-0.3, -0.25) is 4.79 Å². The van der Waals surface area contributed by atoms with Crippen LogP contribution in [0, 0.1) is 11.2 Å². The van der Waals surface area contributed by atoms with Crippen molar-refractivity contribution in [1.82, 2.24) is 9.97 Å². The number of fused-ring (bicyclic) bond motifs is 1. The molecule has 7 nitrogen and oxygen atoms in total. The highest BCUT2D eigenvalue weighted by molar-refractivity contribution is 8.02. The van der Waals surface area contributed by atoms with Crippen molar-refractivity contribution in [2.24, 2.45) is 5.41 Å². The van der Waals surface area contributed by atoms with E-state index in [1.54, 1.807) is 0 Å². The Labute approximate surface area is 191 Å². The average Bonchev–Trinajstić information content (AvgIpc) is 2.69. The highest BCUT2D eigenvalue weighted by Gasteiger charge is 2.45. The molecule has 3 rings (SSSR count). The Morgan fingerprint density at radius 2 is 1.81 bits per heavy atom. The number of carbonyl (C=O) groups is 1. The minimum absolute atomic E-state index is 0.211. The molecule has 32 heavy (non-hydrogen) atoms. The summed E-state index contributed by atoms with van der Waals surface area (Å²) in [7, 11) is -4.96. The van der Waals surface area contributed by atoms with Crippen LogP contribution in [-0.2, 0) is 19.6 Å². The van der Waals surface area contributed by atoms with Crippen molar-refractivity contribution in [3.05, 3.63) is 51.6 Å². The fraction of sp³-hybridized carbons (Fsp3) is 0.316. The molecule has 1 aromatic carbocycles. The van der Waals surface area contributed by atoms with Crippen molar-refractivity contribution in [3.63, 3.8) is 0 Å². The minimum Gasteiger partial charge on any atom is -0.422 e. The molecule has 0 saturated carbocycles. The molecule has 1 aliphatic heterocycles. The smallest absolute Gasteiger partial charge is 0.316 e. The average molecular weight is 510 g/mol. The summed E-state index contributed by atoms with van der Waals surface area (Å²) in [6.45, 7) is 3.19. The van der Waals surface area contributed by atoms with Gasteiger partial charge in [0.25, 0.3) is 16.4 Å². The van der Waals surface area contributed by atoms with Gasteiger partial charge in [-0.25, -0.2) is 35.9 Å². The number of benzene rings is 1. The third-order valence-electron chi connectivity index (χ3n) is 4.27. The van der Waals surface area contributed by atoms with Crippen LogP contribution in [0.5, 0.6) is 0 Å². The summed E-state index contributed by atoms with van der Waals surface area (Å²) in [5.74, 6) is -3.22. The molecule has 0 bridgehead atoms. The van der Waals surface area contributed by atoms with E-state index in [0.29, 0.717) is 0 Å². The molecule has 0 atom stereocenters. The van der Waals surface area contributed by atoms with Gasteiger partial charge in [0.05, 0.1) is 27.6 Å². The lowest BCUT2D eigenvalue weighted by atomic mass is 9.97. The molecular formula is C19H16Cl2F3N3O4S. The lowest BCUT2D eigenvalue weighted by molar-refractivity contribution is -0.145. The van der Waals surface area contributed by atoms with E-state index in [-0.39, 0.29) is 15.0 Å². The minimum atomic E-state index is -4.96. The Morgan fingerprint density at radius 3 is 2.41 bits per heavy atom. The maximum atomic E-state index is 14.9. The molecule has 0 saturated heterocycles. The van der Waals surface area contributed by atoms with Crippen LogP contribution < -0.4 is 4.31 Å². The van der Waals surface area contributed by atoms with Crippen LogP contribution in [0.1, 0.15) is 32.0 Å². The SMILES string of the molecule is CC(C)(C)C(=O)OC1=C(c2c(F)ccc(Cl)c2Cl)S(=O)(=O)N(CC(F)F)c2nccnc21. The fourth-order valence-electron chi connectivity index (χ4n) is 2.75. The number of hydrogen-bond donors (Lipinski definition) is 0. The van der Waals surface area contributed by atoms with Crippen molar-refractivity contribution in [2.75, 3.05) is 10.8 Å². The number of hydrogen-bond acceptors (Lipinski definition) is 6. The fourth-order valence-corrected chi connectivity index (χ4v) is 4.93. The summed E-state index contributed by atoms with van der Waals surface area (Å²) in [5, 5.41) is -0.725. The summed E-state index contributed by atoms with van der Waals surface area (Å²) in [5.41, 5.74) is -2.21. The molecule has 13 heteroatoms. The molecule has 0 spiro atoms. The Bertz CT molecular complexity index is 1230. The lowest BCUT2D eigenvalue weighted by Gasteiger charge is -2.32. The molecular weight excluding hydrogens is 494 g/mol. The number of halogens is 5. The lowest BCUT2D eigenvalue weighted by Crippen LogP contribution is -2.40. The van der Waals surface area contributed by atoms with Gasteiger partial charge < -0.3 is 4.74 Å².